The second-order valence-electron chi connectivity index (χ2n) is 7.16. The second kappa shape index (κ2) is 9.36. The average molecular weight is 496 g/mol. The fraction of sp³-hybridized carbons (Fsp3) is 0.120. The van der Waals surface area contributed by atoms with Gasteiger partial charge in [-0.2, -0.15) is 0 Å². The summed E-state index contributed by atoms with van der Waals surface area (Å²) in [6.07, 6.45) is 1.58. The Bertz CT molecular complexity index is 1250. The van der Waals surface area contributed by atoms with Crippen LogP contribution in [0, 0.1) is 12.7 Å². The zero-order valence-corrected chi connectivity index (χ0v) is 19.0. The quantitative estimate of drug-likeness (QED) is 0.319. The number of ether oxygens (including phenoxy) is 3. The van der Waals surface area contributed by atoms with Crippen LogP contribution in [0.4, 0.5) is 4.39 Å². The second-order valence-corrected chi connectivity index (χ2v) is 8.01. The van der Waals surface area contributed by atoms with Crippen molar-refractivity contribution in [2.75, 3.05) is 7.11 Å². The third kappa shape index (κ3) is 4.89. The van der Waals surface area contributed by atoms with Crippen molar-refractivity contribution in [1.29, 1.82) is 0 Å². The molecule has 1 aliphatic heterocycles. The number of carbonyl (C=O) groups excluding carboxylic acids is 1. The lowest BCUT2D eigenvalue weighted by atomic mass is 10.1. The maximum Gasteiger partial charge on any atom is 0.363 e. The van der Waals surface area contributed by atoms with Gasteiger partial charge in [0.15, 0.2) is 17.2 Å². The van der Waals surface area contributed by atoms with E-state index in [-0.39, 0.29) is 11.6 Å². The number of esters is 1. The van der Waals surface area contributed by atoms with Crippen LogP contribution in [0.3, 0.4) is 0 Å². The van der Waals surface area contributed by atoms with Crippen molar-refractivity contribution in [2.45, 2.75) is 13.5 Å². The molecule has 0 atom stereocenters. The Morgan fingerprint density at radius 2 is 1.94 bits per heavy atom. The van der Waals surface area contributed by atoms with Crippen molar-refractivity contribution in [3.8, 4) is 11.5 Å². The maximum atomic E-state index is 13.5. The molecule has 4 rings (SSSR count). The Morgan fingerprint density at radius 1 is 1.12 bits per heavy atom. The number of halogens is 2. The van der Waals surface area contributed by atoms with Crippen LogP contribution in [0.15, 0.2) is 75.8 Å². The highest BCUT2D eigenvalue weighted by Crippen LogP contribution is 2.38. The van der Waals surface area contributed by atoms with Gasteiger partial charge in [0.2, 0.25) is 5.90 Å². The van der Waals surface area contributed by atoms with E-state index in [0.717, 1.165) is 11.1 Å². The number of hydrogen-bond acceptors (Lipinski definition) is 5. The van der Waals surface area contributed by atoms with E-state index in [1.807, 2.05) is 25.1 Å². The lowest BCUT2D eigenvalue weighted by molar-refractivity contribution is -0.129. The van der Waals surface area contributed by atoms with Crippen LogP contribution < -0.4 is 9.47 Å². The first-order valence-corrected chi connectivity index (χ1v) is 10.6. The minimum Gasteiger partial charge on any atom is -0.493 e. The van der Waals surface area contributed by atoms with Gasteiger partial charge in [-0.25, -0.2) is 14.2 Å². The molecule has 0 aliphatic carbocycles. The van der Waals surface area contributed by atoms with E-state index in [9.17, 15) is 9.18 Å². The molecule has 7 heteroatoms. The van der Waals surface area contributed by atoms with Crippen LogP contribution >= 0.6 is 15.9 Å². The largest absolute Gasteiger partial charge is 0.493 e. The molecule has 162 valence electrons. The third-order valence-corrected chi connectivity index (χ3v) is 5.30. The molecule has 0 unspecified atom stereocenters. The first kappa shape index (κ1) is 21.8. The maximum absolute atomic E-state index is 13.5. The van der Waals surface area contributed by atoms with Crippen molar-refractivity contribution in [3.05, 3.63) is 98.9 Å². The summed E-state index contributed by atoms with van der Waals surface area (Å²) in [5.41, 5.74) is 3.35. The summed E-state index contributed by atoms with van der Waals surface area (Å²) < 4.78 is 30.8. The summed E-state index contributed by atoms with van der Waals surface area (Å²) in [6.45, 7) is 2.41. The Morgan fingerprint density at radius 3 is 2.69 bits per heavy atom. The Hall–Kier alpha value is -3.45. The third-order valence-electron chi connectivity index (χ3n) is 4.71. The number of rotatable bonds is 6. The zero-order valence-electron chi connectivity index (χ0n) is 17.4. The van der Waals surface area contributed by atoms with E-state index in [1.54, 1.807) is 31.4 Å². The van der Waals surface area contributed by atoms with E-state index in [1.165, 1.54) is 18.2 Å². The van der Waals surface area contributed by atoms with E-state index < -0.39 is 11.8 Å². The number of hydrogen-bond donors (Lipinski definition) is 0. The fourth-order valence-corrected chi connectivity index (χ4v) is 3.81. The predicted octanol–water partition coefficient (Wildman–Crippen LogP) is 5.83. The standard InChI is InChI=1S/C25H19BrFNO4/c1-15-5-3-6-16(9-15)14-31-23-20(26)10-17(12-22(23)30-2)11-21-25(29)32-24(28-21)18-7-4-8-19(27)13-18/h3-13H,14H2,1-2H3/b21-11-. The molecule has 0 radical (unpaired) electrons. The van der Waals surface area contributed by atoms with Gasteiger partial charge in [-0.3, -0.25) is 0 Å². The highest BCUT2D eigenvalue weighted by molar-refractivity contribution is 9.10. The Kier molecular flexibility index (Phi) is 6.37. The molecule has 3 aromatic carbocycles. The molecule has 5 nitrogen and oxygen atoms in total. The van der Waals surface area contributed by atoms with Gasteiger partial charge < -0.3 is 14.2 Å². The van der Waals surface area contributed by atoms with Gasteiger partial charge in [0, 0.05) is 5.56 Å². The molecule has 32 heavy (non-hydrogen) atoms. The topological polar surface area (TPSA) is 57.1 Å². The summed E-state index contributed by atoms with van der Waals surface area (Å²) >= 11 is 3.52. The minimum absolute atomic E-state index is 0.0601. The van der Waals surface area contributed by atoms with Crippen LogP contribution in [0.1, 0.15) is 22.3 Å². The first-order chi connectivity index (χ1) is 15.4. The number of aliphatic imine (C=N–C) groups is 1. The number of cyclic esters (lactones) is 1. The zero-order chi connectivity index (χ0) is 22.7. The van der Waals surface area contributed by atoms with Crippen LogP contribution in [0.25, 0.3) is 6.08 Å². The SMILES string of the molecule is COc1cc(/C=C2\N=C(c3cccc(F)c3)OC2=O)cc(Br)c1OCc1cccc(C)c1. The van der Waals surface area contributed by atoms with Gasteiger partial charge in [0.05, 0.1) is 11.6 Å². The summed E-state index contributed by atoms with van der Waals surface area (Å²) in [6, 6.07) is 17.3. The molecular formula is C25H19BrFNO4. The fourth-order valence-electron chi connectivity index (χ4n) is 3.23. The van der Waals surface area contributed by atoms with Gasteiger partial charge in [-0.1, -0.05) is 35.9 Å². The summed E-state index contributed by atoms with van der Waals surface area (Å²) in [7, 11) is 1.54. The van der Waals surface area contributed by atoms with Crippen molar-refractivity contribution >= 4 is 33.9 Å². The van der Waals surface area contributed by atoms with Crippen molar-refractivity contribution in [1.82, 2.24) is 0 Å². The monoisotopic (exact) mass is 495 g/mol. The van der Waals surface area contributed by atoms with Gasteiger partial charge in [0.25, 0.3) is 0 Å². The van der Waals surface area contributed by atoms with Gasteiger partial charge >= 0.3 is 5.97 Å². The number of methoxy groups -OCH3 is 1. The number of aryl methyl sites for hydroxylation is 1. The van der Waals surface area contributed by atoms with E-state index in [0.29, 0.717) is 33.7 Å². The van der Waals surface area contributed by atoms with Crippen molar-refractivity contribution in [3.63, 3.8) is 0 Å². The van der Waals surface area contributed by atoms with E-state index in [4.69, 9.17) is 14.2 Å². The average Bonchev–Trinajstić information content (AvgIpc) is 3.13. The number of benzene rings is 3. The number of carbonyl (C=O) groups is 1. The minimum atomic E-state index is -0.612. The van der Waals surface area contributed by atoms with Crippen LogP contribution in [0.2, 0.25) is 0 Å². The lowest BCUT2D eigenvalue weighted by Crippen LogP contribution is -2.05. The molecule has 0 fully saturated rings. The van der Waals surface area contributed by atoms with Crippen molar-refractivity contribution in [2.24, 2.45) is 4.99 Å². The molecular weight excluding hydrogens is 477 g/mol. The van der Waals surface area contributed by atoms with Gasteiger partial charge in [0.1, 0.15) is 12.4 Å². The number of nitrogens with zero attached hydrogens (tertiary/aromatic N) is 1. The smallest absolute Gasteiger partial charge is 0.363 e. The van der Waals surface area contributed by atoms with Crippen molar-refractivity contribution < 1.29 is 23.4 Å². The van der Waals surface area contributed by atoms with Gasteiger partial charge in [-0.05, 0) is 70.4 Å². The predicted molar refractivity (Wildman–Crippen MR) is 123 cm³/mol. The molecule has 0 N–H and O–H groups in total. The highest BCUT2D eigenvalue weighted by atomic mass is 79.9. The Labute approximate surface area is 193 Å². The van der Waals surface area contributed by atoms with Crippen LogP contribution in [-0.4, -0.2) is 19.0 Å². The van der Waals surface area contributed by atoms with Crippen LogP contribution in [-0.2, 0) is 16.1 Å². The van der Waals surface area contributed by atoms with E-state index in [2.05, 4.69) is 27.0 Å². The summed E-state index contributed by atoms with van der Waals surface area (Å²) in [4.78, 5) is 16.5. The van der Waals surface area contributed by atoms with E-state index >= 15 is 0 Å². The summed E-state index contributed by atoms with van der Waals surface area (Å²) in [5.74, 6) is 0.0614. The molecule has 0 saturated carbocycles. The molecule has 0 bridgehead atoms. The Balaban J connectivity index is 1.59. The molecule has 3 aromatic rings. The summed E-state index contributed by atoms with van der Waals surface area (Å²) in [5, 5.41) is 0. The van der Waals surface area contributed by atoms with Gasteiger partial charge in [-0.15, -0.1) is 0 Å². The molecule has 0 amide bonds. The normalized spacial score (nSPS) is 14.3. The molecule has 0 spiro atoms. The lowest BCUT2D eigenvalue weighted by Gasteiger charge is -2.14. The highest BCUT2D eigenvalue weighted by Gasteiger charge is 2.24. The molecule has 1 heterocycles. The molecule has 1 aliphatic rings. The van der Waals surface area contributed by atoms with Crippen LogP contribution in [0.5, 0.6) is 11.5 Å². The molecule has 0 saturated heterocycles. The first-order valence-electron chi connectivity index (χ1n) is 9.77. The molecule has 0 aromatic heterocycles.